The fourth-order valence-corrected chi connectivity index (χ4v) is 2.93. The van der Waals surface area contributed by atoms with Gasteiger partial charge in [-0.1, -0.05) is 6.07 Å². The third-order valence-electron chi connectivity index (χ3n) is 4.40. The summed E-state index contributed by atoms with van der Waals surface area (Å²) in [5.41, 5.74) is 2.95. The highest BCUT2D eigenvalue weighted by molar-refractivity contribution is 5.81. The molecular weight excluding hydrogens is 268 g/mol. The number of nitrogens with zero attached hydrogens (tertiary/aromatic N) is 2. The van der Waals surface area contributed by atoms with Crippen LogP contribution in [-0.4, -0.2) is 36.0 Å². The van der Waals surface area contributed by atoms with E-state index in [-0.39, 0.29) is 17.7 Å². The second-order valence-corrected chi connectivity index (χ2v) is 5.57. The molecule has 1 aromatic carbocycles. The molecule has 1 aliphatic heterocycles. The SMILES string of the molecule is CO[C@@H]1CCOC[C@H]1n1cnc2c(C)c(C)ccc2c1=O. The largest absolute Gasteiger partial charge is 0.379 e. The Balaban J connectivity index is 2.14. The van der Waals surface area contributed by atoms with Crippen molar-refractivity contribution in [1.82, 2.24) is 9.55 Å². The van der Waals surface area contributed by atoms with Crippen molar-refractivity contribution in [2.45, 2.75) is 32.4 Å². The number of fused-ring (bicyclic) bond motifs is 1. The first-order valence-electron chi connectivity index (χ1n) is 7.21. The van der Waals surface area contributed by atoms with E-state index in [9.17, 15) is 4.79 Å². The molecule has 0 saturated carbocycles. The first-order chi connectivity index (χ1) is 10.1. The van der Waals surface area contributed by atoms with Gasteiger partial charge in [-0.3, -0.25) is 9.36 Å². The van der Waals surface area contributed by atoms with Crippen molar-refractivity contribution >= 4 is 10.9 Å². The van der Waals surface area contributed by atoms with E-state index in [2.05, 4.69) is 4.98 Å². The standard InChI is InChI=1S/C16H20N2O3/c1-10-4-5-12-15(11(10)2)17-9-18(16(12)19)13-8-21-7-6-14(13)20-3/h4-5,9,13-14H,6-8H2,1-3H3/t13-,14-/m1/s1. The topological polar surface area (TPSA) is 53.4 Å². The van der Waals surface area contributed by atoms with Gasteiger partial charge in [0.25, 0.3) is 5.56 Å². The smallest absolute Gasteiger partial charge is 0.261 e. The zero-order valence-corrected chi connectivity index (χ0v) is 12.6. The number of hydrogen-bond donors (Lipinski definition) is 0. The number of benzene rings is 1. The van der Waals surface area contributed by atoms with E-state index >= 15 is 0 Å². The molecule has 5 heteroatoms. The second kappa shape index (κ2) is 5.58. The molecule has 0 N–H and O–H groups in total. The van der Waals surface area contributed by atoms with Crippen LogP contribution in [0.15, 0.2) is 23.3 Å². The summed E-state index contributed by atoms with van der Waals surface area (Å²) < 4.78 is 12.7. The van der Waals surface area contributed by atoms with Crippen LogP contribution in [0, 0.1) is 13.8 Å². The molecule has 0 aliphatic carbocycles. The molecule has 1 saturated heterocycles. The van der Waals surface area contributed by atoms with Gasteiger partial charge in [-0.15, -0.1) is 0 Å². The van der Waals surface area contributed by atoms with Gasteiger partial charge in [0.2, 0.25) is 0 Å². The molecule has 0 spiro atoms. The summed E-state index contributed by atoms with van der Waals surface area (Å²) in [4.78, 5) is 17.3. The summed E-state index contributed by atoms with van der Waals surface area (Å²) in [6.07, 6.45) is 2.41. The van der Waals surface area contributed by atoms with Gasteiger partial charge in [0.05, 0.1) is 36.0 Å². The molecule has 21 heavy (non-hydrogen) atoms. The third-order valence-corrected chi connectivity index (χ3v) is 4.40. The van der Waals surface area contributed by atoms with Crippen LogP contribution >= 0.6 is 0 Å². The lowest BCUT2D eigenvalue weighted by atomic mass is 10.0. The fraction of sp³-hybridized carbons (Fsp3) is 0.500. The summed E-state index contributed by atoms with van der Waals surface area (Å²) in [6.45, 7) is 5.17. The van der Waals surface area contributed by atoms with Crippen LogP contribution in [0.5, 0.6) is 0 Å². The van der Waals surface area contributed by atoms with Gasteiger partial charge >= 0.3 is 0 Å². The average Bonchev–Trinajstić information content (AvgIpc) is 2.51. The Bertz CT molecular complexity index is 723. The Morgan fingerprint density at radius 3 is 2.95 bits per heavy atom. The van der Waals surface area contributed by atoms with Crippen molar-refractivity contribution in [2.75, 3.05) is 20.3 Å². The predicted molar refractivity (Wildman–Crippen MR) is 80.7 cm³/mol. The quantitative estimate of drug-likeness (QED) is 0.848. The van der Waals surface area contributed by atoms with Crippen LogP contribution in [0.3, 0.4) is 0 Å². The van der Waals surface area contributed by atoms with Gasteiger partial charge in [-0.25, -0.2) is 4.98 Å². The molecule has 0 unspecified atom stereocenters. The highest BCUT2D eigenvalue weighted by Crippen LogP contribution is 2.23. The molecule has 0 radical (unpaired) electrons. The lowest BCUT2D eigenvalue weighted by Gasteiger charge is -2.31. The summed E-state index contributed by atoms with van der Waals surface area (Å²) in [6, 6.07) is 3.71. The van der Waals surface area contributed by atoms with E-state index in [0.29, 0.717) is 18.6 Å². The average molecular weight is 288 g/mol. The zero-order chi connectivity index (χ0) is 15.0. The van der Waals surface area contributed by atoms with Gasteiger partial charge in [-0.2, -0.15) is 0 Å². The zero-order valence-electron chi connectivity index (χ0n) is 12.6. The molecule has 0 amide bonds. The summed E-state index contributed by atoms with van der Waals surface area (Å²) in [5.74, 6) is 0. The van der Waals surface area contributed by atoms with Crippen LogP contribution in [0.1, 0.15) is 23.6 Å². The molecule has 5 nitrogen and oxygen atoms in total. The van der Waals surface area contributed by atoms with Gasteiger partial charge in [-0.05, 0) is 37.5 Å². The molecule has 2 heterocycles. The molecule has 112 valence electrons. The van der Waals surface area contributed by atoms with E-state index in [1.54, 1.807) is 18.0 Å². The number of methoxy groups -OCH3 is 1. The Morgan fingerprint density at radius 2 is 2.19 bits per heavy atom. The minimum absolute atomic E-state index is 0.0118. The fourth-order valence-electron chi connectivity index (χ4n) is 2.93. The van der Waals surface area contributed by atoms with Crippen molar-refractivity contribution in [3.05, 3.63) is 39.9 Å². The first kappa shape index (κ1) is 14.2. The van der Waals surface area contributed by atoms with Crippen molar-refractivity contribution in [3.8, 4) is 0 Å². The Hall–Kier alpha value is -1.72. The van der Waals surface area contributed by atoms with E-state index in [1.165, 1.54) is 0 Å². The highest BCUT2D eigenvalue weighted by atomic mass is 16.5. The van der Waals surface area contributed by atoms with Crippen LogP contribution in [-0.2, 0) is 9.47 Å². The van der Waals surface area contributed by atoms with Crippen molar-refractivity contribution in [2.24, 2.45) is 0 Å². The van der Waals surface area contributed by atoms with Crippen LogP contribution in [0.2, 0.25) is 0 Å². The van der Waals surface area contributed by atoms with E-state index < -0.39 is 0 Å². The monoisotopic (exact) mass is 288 g/mol. The van der Waals surface area contributed by atoms with Crippen LogP contribution < -0.4 is 5.56 Å². The number of hydrogen-bond acceptors (Lipinski definition) is 4. The Kier molecular flexibility index (Phi) is 3.78. The summed E-state index contributed by atoms with van der Waals surface area (Å²) >= 11 is 0. The van der Waals surface area contributed by atoms with Crippen molar-refractivity contribution < 1.29 is 9.47 Å². The second-order valence-electron chi connectivity index (χ2n) is 5.57. The minimum atomic E-state index is -0.116. The molecule has 0 bridgehead atoms. The van der Waals surface area contributed by atoms with E-state index in [0.717, 1.165) is 23.1 Å². The maximum Gasteiger partial charge on any atom is 0.261 e. The molecule has 2 aromatic rings. The summed E-state index contributed by atoms with van der Waals surface area (Å²) in [5, 5.41) is 0.654. The molecule has 1 aliphatic rings. The van der Waals surface area contributed by atoms with Gasteiger partial charge in [0.15, 0.2) is 0 Å². The normalized spacial score (nSPS) is 22.6. The lowest BCUT2D eigenvalue weighted by Crippen LogP contribution is -2.40. The van der Waals surface area contributed by atoms with E-state index in [4.69, 9.17) is 9.47 Å². The van der Waals surface area contributed by atoms with E-state index in [1.807, 2.05) is 26.0 Å². The maximum atomic E-state index is 12.8. The predicted octanol–water partition coefficient (Wildman–Crippen LogP) is 1.99. The molecule has 3 rings (SSSR count). The molecule has 2 atom stereocenters. The molecule has 1 aromatic heterocycles. The number of aryl methyl sites for hydroxylation is 2. The van der Waals surface area contributed by atoms with Crippen LogP contribution in [0.4, 0.5) is 0 Å². The Morgan fingerprint density at radius 1 is 1.38 bits per heavy atom. The van der Waals surface area contributed by atoms with Gasteiger partial charge in [0, 0.05) is 13.7 Å². The molecule has 1 fully saturated rings. The Labute approximate surface area is 123 Å². The number of ether oxygens (including phenoxy) is 2. The number of rotatable bonds is 2. The van der Waals surface area contributed by atoms with Crippen molar-refractivity contribution in [1.29, 1.82) is 0 Å². The van der Waals surface area contributed by atoms with Crippen LogP contribution in [0.25, 0.3) is 10.9 Å². The number of aromatic nitrogens is 2. The lowest BCUT2D eigenvalue weighted by molar-refractivity contribution is -0.0508. The van der Waals surface area contributed by atoms with Gasteiger partial charge < -0.3 is 9.47 Å². The maximum absolute atomic E-state index is 12.8. The molecular formula is C16H20N2O3. The highest BCUT2D eigenvalue weighted by Gasteiger charge is 2.28. The van der Waals surface area contributed by atoms with Crippen molar-refractivity contribution in [3.63, 3.8) is 0 Å². The third kappa shape index (κ3) is 2.36. The summed E-state index contributed by atoms with van der Waals surface area (Å²) in [7, 11) is 1.68. The first-order valence-corrected chi connectivity index (χ1v) is 7.21. The van der Waals surface area contributed by atoms with Gasteiger partial charge in [0.1, 0.15) is 0 Å². The minimum Gasteiger partial charge on any atom is -0.379 e.